The lowest BCUT2D eigenvalue weighted by Crippen LogP contribution is -2.41. The van der Waals surface area contributed by atoms with Crippen molar-refractivity contribution in [1.82, 2.24) is 0 Å². The number of carbonyl (C=O) groups excluding carboxylic acids is 2. The second-order valence-electron chi connectivity index (χ2n) is 4.43. The summed E-state index contributed by atoms with van der Waals surface area (Å²) < 4.78 is 20.5. The molecule has 0 saturated carbocycles. The number of methoxy groups -OCH3 is 2. The minimum absolute atomic E-state index is 0.135. The molecule has 1 aromatic rings. The number of esters is 1. The summed E-state index contributed by atoms with van der Waals surface area (Å²) >= 11 is 0. The van der Waals surface area contributed by atoms with Crippen LogP contribution in [0.4, 0.5) is 0 Å². The van der Waals surface area contributed by atoms with Gasteiger partial charge in [0.05, 0.1) is 20.8 Å². The molecular weight excluding hydrogens is 278 g/mol. The van der Waals surface area contributed by atoms with Crippen molar-refractivity contribution in [1.29, 1.82) is 0 Å². The van der Waals surface area contributed by atoms with E-state index in [2.05, 4.69) is 0 Å². The minimum Gasteiger partial charge on any atom is -0.493 e. The summed E-state index contributed by atoms with van der Waals surface area (Å²) in [5.74, 6) is -0.659. The fourth-order valence-electron chi connectivity index (χ4n) is 2.15. The van der Waals surface area contributed by atoms with Crippen LogP contribution in [-0.4, -0.2) is 38.3 Å². The molecule has 0 radical (unpaired) electrons. The van der Waals surface area contributed by atoms with Gasteiger partial charge in [0.25, 0.3) is 11.5 Å². The first-order valence-corrected chi connectivity index (χ1v) is 6.38. The highest BCUT2D eigenvalue weighted by Gasteiger charge is 2.69. The van der Waals surface area contributed by atoms with Gasteiger partial charge in [0, 0.05) is 0 Å². The molecule has 1 fully saturated rings. The van der Waals surface area contributed by atoms with Gasteiger partial charge in [0.2, 0.25) is 0 Å². The Morgan fingerprint density at radius 3 is 2.48 bits per heavy atom. The molecule has 1 aliphatic rings. The summed E-state index contributed by atoms with van der Waals surface area (Å²) in [4.78, 5) is 23.5. The molecule has 1 amide bonds. The third kappa shape index (κ3) is 2.40. The van der Waals surface area contributed by atoms with Crippen LogP contribution >= 0.6 is 0 Å². The molecule has 7 nitrogen and oxygen atoms in total. The van der Waals surface area contributed by atoms with Crippen molar-refractivity contribution in [2.75, 3.05) is 20.8 Å². The molecule has 1 saturated heterocycles. The van der Waals surface area contributed by atoms with Gasteiger partial charge in [-0.05, 0) is 24.6 Å². The normalized spacial score (nSPS) is 23.3. The Labute approximate surface area is 121 Å². The highest BCUT2D eigenvalue weighted by atomic mass is 16.7. The van der Waals surface area contributed by atoms with Crippen LogP contribution in [0.15, 0.2) is 18.2 Å². The molecule has 0 aromatic heterocycles. The Balaban J connectivity index is 2.32. The van der Waals surface area contributed by atoms with E-state index in [1.807, 2.05) is 0 Å². The second kappa shape index (κ2) is 5.61. The van der Waals surface area contributed by atoms with Crippen LogP contribution in [0.5, 0.6) is 11.5 Å². The number of hydrogen-bond acceptors (Lipinski definition) is 6. The number of amides is 1. The Hall–Kier alpha value is -2.28. The Kier molecular flexibility index (Phi) is 4.04. The van der Waals surface area contributed by atoms with Crippen molar-refractivity contribution >= 4 is 11.9 Å². The predicted molar refractivity (Wildman–Crippen MR) is 71.9 cm³/mol. The number of rotatable bonds is 6. The van der Waals surface area contributed by atoms with Crippen LogP contribution in [0.25, 0.3) is 0 Å². The molecule has 1 heterocycles. The Morgan fingerprint density at radius 2 is 1.95 bits per heavy atom. The fraction of sp³-hybridized carbons (Fsp3) is 0.429. The zero-order valence-corrected chi connectivity index (χ0v) is 12.0. The lowest BCUT2D eigenvalue weighted by Gasteiger charge is -2.10. The van der Waals surface area contributed by atoms with Gasteiger partial charge in [-0.2, -0.15) is 0 Å². The average molecular weight is 295 g/mol. The Morgan fingerprint density at radius 1 is 1.29 bits per heavy atom. The third-order valence-corrected chi connectivity index (χ3v) is 3.27. The van der Waals surface area contributed by atoms with Crippen LogP contribution in [0, 0.1) is 0 Å². The van der Waals surface area contributed by atoms with Crippen molar-refractivity contribution in [2.45, 2.75) is 18.6 Å². The van der Waals surface area contributed by atoms with E-state index >= 15 is 0 Å². The first-order chi connectivity index (χ1) is 10.0. The van der Waals surface area contributed by atoms with E-state index in [1.165, 1.54) is 14.2 Å². The van der Waals surface area contributed by atoms with E-state index in [0.717, 1.165) is 0 Å². The molecule has 1 aromatic carbocycles. The van der Waals surface area contributed by atoms with Crippen LogP contribution < -0.4 is 15.2 Å². The van der Waals surface area contributed by atoms with Gasteiger partial charge in [-0.15, -0.1) is 0 Å². The molecule has 2 rings (SSSR count). The maximum absolute atomic E-state index is 11.9. The number of epoxide rings is 1. The third-order valence-electron chi connectivity index (χ3n) is 3.27. The van der Waals surface area contributed by atoms with Gasteiger partial charge in [-0.1, -0.05) is 6.07 Å². The topological polar surface area (TPSA) is 100 Å². The van der Waals surface area contributed by atoms with Gasteiger partial charge < -0.3 is 24.7 Å². The van der Waals surface area contributed by atoms with Gasteiger partial charge >= 0.3 is 5.97 Å². The van der Waals surface area contributed by atoms with Gasteiger partial charge in [-0.25, -0.2) is 4.79 Å². The summed E-state index contributed by atoms with van der Waals surface area (Å²) in [5.41, 5.74) is 4.13. The number of carbonyl (C=O) groups is 2. The fourth-order valence-corrected chi connectivity index (χ4v) is 2.15. The highest BCUT2D eigenvalue weighted by Crippen LogP contribution is 2.51. The molecule has 7 heteroatoms. The monoisotopic (exact) mass is 295 g/mol. The van der Waals surface area contributed by atoms with E-state index in [9.17, 15) is 9.59 Å². The van der Waals surface area contributed by atoms with Crippen molar-refractivity contribution in [2.24, 2.45) is 5.73 Å². The summed E-state index contributed by atoms with van der Waals surface area (Å²) in [6, 6.07) is 4.97. The number of benzene rings is 1. The first kappa shape index (κ1) is 15.1. The average Bonchev–Trinajstić information content (AvgIpc) is 3.23. The van der Waals surface area contributed by atoms with Crippen LogP contribution in [0.1, 0.15) is 18.6 Å². The minimum atomic E-state index is -1.75. The largest absolute Gasteiger partial charge is 0.493 e. The molecule has 1 aliphatic heterocycles. The number of nitrogens with two attached hydrogens (primary N) is 1. The lowest BCUT2D eigenvalue weighted by atomic mass is 9.98. The highest BCUT2D eigenvalue weighted by molar-refractivity contribution is 6.09. The molecular formula is C14H17NO6. The quantitative estimate of drug-likeness (QED) is 0.467. The summed E-state index contributed by atoms with van der Waals surface area (Å²) in [5, 5.41) is 0. The zero-order valence-electron chi connectivity index (χ0n) is 12.0. The van der Waals surface area contributed by atoms with E-state index in [1.54, 1.807) is 25.1 Å². The van der Waals surface area contributed by atoms with Crippen molar-refractivity contribution in [3.63, 3.8) is 0 Å². The van der Waals surface area contributed by atoms with Gasteiger partial charge in [0.15, 0.2) is 11.5 Å². The standard InChI is InChI=1S/C14H17NO6/c1-4-20-13(17)14(12(15)16)11(21-14)8-5-6-9(18-2)10(7-8)19-3/h5-7,11H,4H2,1-3H3,(H2,15,16). The molecule has 0 bridgehead atoms. The molecule has 0 aliphatic carbocycles. The summed E-state index contributed by atoms with van der Waals surface area (Å²) in [6.07, 6.45) is -0.783. The van der Waals surface area contributed by atoms with Crippen molar-refractivity contribution < 1.29 is 28.5 Å². The lowest BCUT2D eigenvalue weighted by molar-refractivity contribution is -0.153. The molecule has 2 unspecified atom stereocenters. The predicted octanol–water partition coefficient (Wildman–Crippen LogP) is 0.562. The van der Waals surface area contributed by atoms with Gasteiger partial charge in [-0.3, -0.25) is 4.79 Å². The summed E-state index contributed by atoms with van der Waals surface area (Å²) in [7, 11) is 3.00. The number of ether oxygens (including phenoxy) is 4. The Bertz CT molecular complexity index is 573. The second-order valence-corrected chi connectivity index (χ2v) is 4.43. The van der Waals surface area contributed by atoms with Crippen molar-refractivity contribution in [3.8, 4) is 11.5 Å². The van der Waals surface area contributed by atoms with Crippen molar-refractivity contribution in [3.05, 3.63) is 23.8 Å². The van der Waals surface area contributed by atoms with Gasteiger partial charge in [0.1, 0.15) is 6.10 Å². The van der Waals surface area contributed by atoms with Crippen LogP contribution in [-0.2, 0) is 19.1 Å². The number of hydrogen-bond donors (Lipinski definition) is 1. The molecule has 0 spiro atoms. The van der Waals surface area contributed by atoms with Crippen LogP contribution in [0.3, 0.4) is 0 Å². The van der Waals surface area contributed by atoms with E-state index in [0.29, 0.717) is 17.1 Å². The maximum atomic E-state index is 11.9. The zero-order chi connectivity index (χ0) is 15.6. The first-order valence-electron chi connectivity index (χ1n) is 6.38. The van der Waals surface area contributed by atoms with E-state index in [4.69, 9.17) is 24.7 Å². The molecule has 21 heavy (non-hydrogen) atoms. The van der Waals surface area contributed by atoms with E-state index < -0.39 is 23.6 Å². The SMILES string of the molecule is CCOC(=O)C1(C(N)=O)OC1c1ccc(OC)c(OC)c1. The molecule has 114 valence electrons. The maximum Gasteiger partial charge on any atom is 0.351 e. The number of primary amides is 1. The van der Waals surface area contributed by atoms with Crippen LogP contribution in [0.2, 0.25) is 0 Å². The summed E-state index contributed by atoms with van der Waals surface area (Å²) in [6.45, 7) is 1.77. The molecule has 2 atom stereocenters. The van der Waals surface area contributed by atoms with E-state index in [-0.39, 0.29) is 6.61 Å². The smallest absolute Gasteiger partial charge is 0.351 e. The molecule has 2 N–H and O–H groups in total.